The molecule has 0 bridgehead atoms. The van der Waals surface area contributed by atoms with Gasteiger partial charge in [-0.2, -0.15) is 0 Å². The largest absolute Gasteiger partial charge is 0.239 e. The van der Waals surface area contributed by atoms with Crippen LogP contribution >= 0.6 is 31.9 Å². The zero-order valence-electron chi connectivity index (χ0n) is 9.11. The number of fused-ring (bicyclic) bond motifs is 3. The van der Waals surface area contributed by atoms with Crippen molar-refractivity contribution in [1.29, 1.82) is 0 Å². The Morgan fingerprint density at radius 2 is 1.59 bits per heavy atom. The quantitative estimate of drug-likeness (QED) is 0.445. The Labute approximate surface area is 116 Å². The summed E-state index contributed by atoms with van der Waals surface area (Å²) in [5.74, 6) is 0. The third-order valence-electron chi connectivity index (χ3n) is 2.81. The number of nitrogens with zero attached hydrogens (tertiary/aromatic N) is 2. The monoisotopic (exact) mass is 351 g/mol. The van der Waals surface area contributed by atoms with Gasteiger partial charge in [-0.3, -0.25) is 0 Å². The van der Waals surface area contributed by atoms with Crippen LogP contribution in [0, 0.1) is 0 Å². The van der Waals surface area contributed by atoms with Crippen molar-refractivity contribution >= 4 is 53.7 Å². The first-order valence-electron chi connectivity index (χ1n) is 5.20. The topological polar surface area (TPSA) is 16.8 Å². The van der Waals surface area contributed by atoms with E-state index in [9.17, 15) is 0 Å². The number of hydrogen-bond acceptors (Lipinski definition) is 1. The van der Waals surface area contributed by atoms with Gasteiger partial charge in [0, 0.05) is 25.5 Å². The second-order valence-electron chi connectivity index (χ2n) is 3.95. The fraction of sp³-hybridized carbons (Fsp3) is 0.0769. The van der Waals surface area contributed by atoms with Crippen molar-refractivity contribution in [2.24, 2.45) is 7.05 Å². The van der Waals surface area contributed by atoms with E-state index in [-0.39, 0.29) is 0 Å². The minimum atomic E-state index is 1.00. The number of benzene rings is 2. The van der Waals surface area contributed by atoms with Crippen LogP contribution in [0.5, 0.6) is 0 Å². The number of rotatable bonds is 0. The molecule has 2 nitrogen and oxygen atoms in total. The Morgan fingerprint density at radius 3 is 2.35 bits per heavy atom. The van der Waals surface area contributed by atoms with Crippen LogP contribution in [-0.4, -0.2) is 5.10 Å². The Hall–Kier alpha value is -1.00. The van der Waals surface area contributed by atoms with E-state index < -0.39 is 0 Å². The van der Waals surface area contributed by atoms with Crippen molar-refractivity contribution in [2.45, 2.75) is 0 Å². The number of aryl methyl sites for hydroxylation is 1. The summed E-state index contributed by atoms with van der Waals surface area (Å²) in [7, 11) is 1.97. The van der Waals surface area contributed by atoms with Crippen molar-refractivity contribution in [1.82, 2.24) is 5.10 Å². The van der Waals surface area contributed by atoms with Crippen LogP contribution in [0.1, 0.15) is 0 Å². The van der Waals surface area contributed by atoms with Crippen molar-refractivity contribution in [2.75, 3.05) is 0 Å². The molecule has 4 heteroatoms. The molecule has 0 radical (unpaired) electrons. The molecule has 0 unspecified atom stereocenters. The van der Waals surface area contributed by atoms with E-state index in [1.165, 1.54) is 5.39 Å². The fourth-order valence-electron chi connectivity index (χ4n) is 2.03. The molecule has 0 saturated carbocycles. The van der Waals surface area contributed by atoms with E-state index in [2.05, 4.69) is 55.2 Å². The third-order valence-corrected chi connectivity index (χ3v) is 3.80. The molecular formula is C13H9Br2N2+. The molecule has 1 heterocycles. The molecule has 1 aromatic heterocycles. The van der Waals surface area contributed by atoms with Gasteiger partial charge in [0.25, 0.3) is 0 Å². The van der Waals surface area contributed by atoms with Crippen LogP contribution < -0.4 is 4.68 Å². The van der Waals surface area contributed by atoms with Gasteiger partial charge in [-0.15, -0.1) is 0 Å². The normalized spacial score (nSPS) is 11.2. The van der Waals surface area contributed by atoms with Crippen LogP contribution in [0.2, 0.25) is 0 Å². The van der Waals surface area contributed by atoms with Gasteiger partial charge in [0.15, 0.2) is 7.05 Å². The van der Waals surface area contributed by atoms with Crippen LogP contribution in [0.15, 0.2) is 45.3 Å². The minimum Gasteiger partial charge on any atom is -0.0858 e. The highest BCUT2D eigenvalue weighted by atomic mass is 79.9. The zero-order chi connectivity index (χ0) is 12.0. The van der Waals surface area contributed by atoms with Gasteiger partial charge in [0.05, 0.1) is 5.39 Å². The molecule has 0 aliphatic carbocycles. The van der Waals surface area contributed by atoms with E-state index in [0.717, 1.165) is 25.4 Å². The van der Waals surface area contributed by atoms with Gasteiger partial charge in [-0.05, 0) is 30.3 Å². The molecule has 84 valence electrons. The smallest absolute Gasteiger partial charge is 0.0858 e. The lowest BCUT2D eigenvalue weighted by atomic mass is 10.1. The minimum absolute atomic E-state index is 1.00. The summed E-state index contributed by atoms with van der Waals surface area (Å²) in [4.78, 5) is 0. The summed E-state index contributed by atoms with van der Waals surface area (Å²) in [6, 6.07) is 12.4. The molecule has 0 spiro atoms. The lowest BCUT2D eigenvalue weighted by Gasteiger charge is -2.02. The Bertz CT molecular complexity index is 738. The molecule has 3 aromatic rings. The molecule has 0 aliphatic heterocycles. The van der Waals surface area contributed by atoms with E-state index >= 15 is 0 Å². The summed E-state index contributed by atoms with van der Waals surface area (Å²) in [5, 5.41) is 6.92. The summed E-state index contributed by atoms with van der Waals surface area (Å²) < 4.78 is 4.07. The van der Waals surface area contributed by atoms with E-state index in [4.69, 9.17) is 0 Å². The van der Waals surface area contributed by atoms with Gasteiger partial charge < -0.3 is 0 Å². The van der Waals surface area contributed by atoms with Crippen LogP contribution in [-0.2, 0) is 7.05 Å². The van der Waals surface area contributed by atoms with Crippen molar-refractivity contribution in [3.8, 4) is 0 Å². The van der Waals surface area contributed by atoms with Crippen molar-refractivity contribution < 1.29 is 4.68 Å². The second kappa shape index (κ2) is 4.03. The maximum Gasteiger partial charge on any atom is 0.239 e. The molecule has 0 N–H and O–H groups in total. The number of aromatic nitrogens is 2. The zero-order valence-corrected chi connectivity index (χ0v) is 12.3. The maximum atomic E-state index is 4.56. The average Bonchev–Trinajstić information content (AvgIpc) is 2.30. The highest BCUT2D eigenvalue weighted by molar-refractivity contribution is 9.10. The molecular weight excluding hydrogens is 344 g/mol. The Balaban J connectivity index is 2.59. The van der Waals surface area contributed by atoms with Crippen molar-refractivity contribution in [3.05, 3.63) is 45.3 Å². The standard InChI is InChI=1S/C13H9Br2N2/c1-17-13-5-3-9(15)7-11(13)10-6-8(14)2-4-12(10)16-17/h2-7H,1H3/q+1. The van der Waals surface area contributed by atoms with Gasteiger partial charge in [-0.25, -0.2) is 0 Å². The third kappa shape index (κ3) is 1.85. The van der Waals surface area contributed by atoms with Crippen molar-refractivity contribution in [3.63, 3.8) is 0 Å². The van der Waals surface area contributed by atoms with E-state index in [0.29, 0.717) is 0 Å². The Kier molecular flexibility index (Phi) is 2.64. The molecule has 0 fully saturated rings. The van der Waals surface area contributed by atoms with Gasteiger partial charge >= 0.3 is 0 Å². The molecule has 2 aromatic carbocycles. The molecule has 0 saturated heterocycles. The maximum absolute atomic E-state index is 4.56. The molecule has 0 atom stereocenters. The van der Waals surface area contributed by atoms with Gasteiger partial charge in [0.2, 0.25) is 5.52 Å². The first kappa shape index (κ1) is 11.1. The first-order chi connectivity index (χ1) is 8.15. The first-order valence-corrected chi connectivity index (χ1v) is 6.78. The second-order valence-corrected chi connectivity index (χ2v) is 5.78. The lowest BCUT2D eigenvalue weighted by Crippen LogP contribution is -2.33. The van der Waals surface area contributed by atoms with E-state index in [1.54, 1.807) is 0 Å². The summed E-state index contributed by atoms with van der Waals surface area (Å²) in [6.45, 7) is 0. The molecule has 17 heavy (non-hydrogen) atoms. The number of halogens is 2. The summed E-state index contributed by atoms with van der Waals surface area (Å²) >= 11 is 7.03. The number of hydrogen-bond donors (Lipinski definition) is 0. The lowest BCUT2D eigenvalue weighted by molar-refractivity contribution is -0.703. The van der Waals surface area contributed by atoms with Gasteiger partial charge in [0.1, 0.15) is 5.52 Å². The van der Waals surface area contributed by atoms with Crippen LogP contribution in [0.25, 0.3) is 21.8 Å². The molecule has 3 rings (SSSR count). The predicted molar refractivity (Wildman–Crippen MR) is 75.8 cm³/mol. The Morgan fingerprint density at radius 1 is 0.941 bits per heavy atom. The highest BCUT2D eigenvalue weighted by Gasteiger charge is 2.12. The highest BCUT2D eigenvalue weighted by Crippen LogP contribution is 2.26. The summed E-state index contributed by atoms with van der Waals surface area (Å²) in [5.41, 5.74) is 2.13. The predicted octanol–water partition coefficient (Wildman–Crippen LogP) is 3.74. The SMILES string of the molecule is C[n+]1nc2ccc(Br)cc2c2cc(Br)ccc21. The van der Waals surface area contributed by atoms with Crippen LogP contribution in [0.3, 0.4) is 0 Å². The summed E-state index contributed by atoms with van der Waals surface area (Å²) in [6.07, 6.45) is 0. The van der Waals surface area contributed by atoms with E-state index in [1.807, 2.05) is 29.9 Å². The van der Waals surface area contributed by atoms with Crippen LogP contribution in [0.4, 0.5) is 0 Å². The van der Waals surface area contributed by atoms with Gasteiger partial charge in [-0.1, -0.05) is 36.5 Å². The molecule has 0 amide bonds. The average molecular weight is 353 g/mol. The fourth-order valence-corrected chi connectivity index (χ4v) is 2.76. The molecule has 0 aliphatic rings.